The van der Waals surface area contributed by atoms with Crippen molar-refractivity contribution >= 4 is 23.6 Å². The van der Waals surface area contributed by atoms with E-state index in [1.807, 2.05) is 48.5 Å². The van der Waals surface area contributed by atoms with E-state index in [1.165, 1.54) is 6.07 Å². The van der Waals surface area contributed by atoms with Crippen molar-refractivity contribution in [1.29, 1.82) is 5.41 Å². The van der Waals surface area contributed by atoms with Gasteiger partial charge in [0.2, 0.25) is 5.91 Å². The number of amides is 3. The number of benzene rings is 3. The Labute approximate surface area is 210 Å². The van der Waals surface area contributed by atoms with Crippen molar-refractivity contribution in [3.05, 3.63) is 107 Å². The number of carbonyl (C=O) groups is 3. The average Bonchev–Trinajstić information content (AvgIpc) is 2.93. The third kappa shape index (κ3) is 5.96. The van der Waals surface area contributed by atoms with E-state index in [0.29, 0.717) is 49.3 Å². The van der Waals surface area contributed by atoms with E-state index in [9.17, 15) is 14.4 Å². The van der Waals surface area contributed by atoms with E-state index in [2.05, 4.69) is 5.32 Å². The molecular formula is C28H29N5O3. The van der Waals surface area contributed by atoms with Crippen molar-refractivity contribution in [2.75, 3.05) is 26.2 Å². The van der Waals surface area contributed by atoms with Gasteiger partial charge in [0.25, 0.3) is 11.8 Å². The zero-order valence-electron chi connectivity index (χ0n) is 19.9. The quantitative estimate of drug-likeness (QED) is 0.353. The first-order chi connectivity index (χ1) is 17.4. The molecule has 0 bridgehead atoms. The standard InChI is InChI=1S/C28H29N5O3/c29-25(30)22-12-7-13-23(19-22)26(34)31-24(18-20-8-3-1-4-9-20)28(36)33-16-14-32(15-17-33)27(35)21-10-5-2-6-11-21/h1-13,19,24H,14-18H2,(H3,29,30)(H,31,34)/t24-/m1/s1. The molecule has 4 rings (SSSR count). The van der Waals surface area contributed by atoms with Crippen molar-refractivity contribution in [3.63, 3.8) is 0 Å². The molecule has 0 aliphatic carbocycles. The number of nitrogens with one attached hydrogen (secondary N) is 2. The molecule has 1 atom stereocenters. The molecule has 4 N–H and O–H groups in total. The van der Waals surface area contributed by atoms with Gasteiger partial charge in [-0.25, -0.2) is 0 Å². The molecule has 0 spiro atoms. The number of nitrogens with two attached hydrogens (primary N) is 1. The van der Waals surface area contributed by atoms with Crippen molar-refractivity contribution in [3.8, 4) is 0 Å². The molecule has 1 fully saturated rings. The number of rotatable bonds is 7. The number of carbonyl (C=O) groups excluding carboxylic acids is 3. The van der Waals surface area contributed by atoms with Gasteiger partial charge in [-0.1, -0.05) is 60.7 Å². The minimum absolute atomic E-state index is 0.0535. The van der Waals surface area contributed by atoms with Crippen LogP contribution in [0.15, 0.2) is 84.9 Å². The van der Waals surface area contributed by atoms with E-state index in [4.69, 9.17) is 11.1 Å². The maximum Gasteiger partial charge on any atom is 0.253 e. The smallest absolute Gasteiger partial charge is 0.253 e. The molecule has 1 aliphatic rings. The zero-order chi connectivity index (χ0) is 25.5. The second kappa shape index (κ2) is 11.3. The largest absolute Gasteiger partial charge is 0.384 e. The zero-order valence-corrected chi connectivity index (χ0v) is 19.9. The summed E-state index contributed by atoms with van der Waals surface area (Å²) in [4.78, 5) is 42.8. The lowest BCUT2D eigenvalue weighted by Gasteiger charge is -2.36. The van der Waals surface area contributed by atoms with Crippen LogP contribution in [-0.2, 0) is 11.2 Å². The van der Waals surface area contributed by atoms with Gasteiger partial charge in [-0.2, -0.15) is 0 Å². The highest BCUT2D eigenvalue weighted by Gasteiger charge is 2.30. The third-order valence-corrected chi connectivity index (χ3v) is 6.22. The highest BCUT2D eigenvalue weighted by molar-refractivity contribution is 6.01. The fourth-order valence-electron chi connectivity index (χ4n) is 4.23. The van der Waals surface area contributed by atoms with E-state index < -0.39 is 11.9 Å². The summed E-state index contributed by atoms with van der Waals surface area (Å²) in [6, 6.07) is 24.3. The van der Waals surface area contributed by atoms with Gasteiger partial charge in [0, 0.05) is 49.3 Å². The number of hydrogen-bond acceptors (Lipinski definition) is 4. The number of amidine groups is 1. The minimum Gasteiger partial charge on any atom is -0.384 e. The highest BCUT2D eigenvalue weighted by Crippen LogP contribution is 2.13. The summed E-state index contributed by atoms with van der Waals surface area (Å²) in [5.74, 6) is -0.793. The van der Waals surface area contributed by atoms with E-state index in [-0.39, 0.29) is 17.6 Å². The first kappa shape index (κ1) is 24.7. The monoisotopic (exact) mass is 483 g/mol. The topological polar surface area (TPSA) is 120 Å². The van der Waals surface area contributed by atoms with Crippen LogP contribution in [0.3, 0.4) is 0 Å². The Kier molecular flexibility index (Phi) is 7.75. The van der Waals surface area contributed by atoms with Crippen molar-refractivity contribution in [1.82, 2.24) is 15.1 Å². The van der Waals surface area contributed by atoms with E-state index in [0.717, 1.165) is 5.56 Å². The molecule has 8 heteroatoms. The number of nitrogens with zero attached hydrogens (tertiary/aromatic N) is 2. The SMILES string of the molecule is N=C(N)c1cccc(C(=O)N[C@H](Cc2ccccc2)C(=O)N2CCN(C(=O)c3ccccc3)CC2)c1. The Morgan fingerprint density at radius 2 is 1.33 bits per heavy atom. The van der Waals surface area contributed by atoms with Gasteiger partial charge < -0.3 is 20.9 Å². The van der Waals surface area contributed by atoms with Crippen LogP contribution in [-0.4, -0.2) is 65.6 Å². The Hall–Kier alpha value is -4.46. The average molecular weight is 484 g/mol. The van der Waals surface area contributed by atoms with Crippen molar-refractivity contribution in [2.24, 2.45) is 5.73 Å². The summed E-state index contributed by atoms with van der Waals surface area (Å²) < 4.78 is 0. The predicted octanol–water partition coefficient (Wildman–Crippen LogP) is 2.30. The Morgan fingerprint density at radius 1 is 0.778 bits per heavy atom. The van der Waals surface area contributed by atoms with E-state index in [1.54, 1.807) is 40.1 Å². The molecule has 3 amide bonds. The first-order valence-electron chi connectivity index (χ1n) is 11.8. The normalized spacial score (nSPS) is 14.1. The van der Waals surface area contributed by atoms with Crippen molar-refractivity contribution in [2.45, 2.75) is 12.5 Å². The Bertz CT molecular complexity index is 1240. The molecule has 0 aromatic heterocycles. The summed E-state index contributed by atoms with van der Waals surface area (Å²) in [6.45, 7) is 1.62. The molecule has 8 nitrogen and oxygen atoms in total. The predicted molar refractivity (Wildman–Crippen MR) is 138 cm³/mol. The summed E-state index contributed by atoms with van der Waals surface area (Å²) >= 11 is 0. The molecule has 0 unspecified atom stereocenters. The van der Waals surface area contributed by atoms with Crippen LogP contribution < -0.4 is 11.1 Å². The summed E-state index contributed by atoms with van der Waals surface area (Å²) in [5, 5.41) is 10.5. The maximum absolute atomic E-state index is 13.5. The maximum atomic E-state index is 13.5. The lowest BCUT2D eigenvalue weighted by Crippen LogP contribution is -2.56. The summed E-state index contributed by atoms with van der Waals surface area (Å²) in [7, 11) is 0. The van der Waals surface area contributed by atoms with Gasteiger partial charge >= 0.3 is 0 Å². The van der Waals surface area contributed by atoms with Gasteiger partial charge in [0.05, 0.1) is 0 Å². The van der Waals surface area contributed by atoms with E-state index >= 15 is 0 Å². The molecule has 1 heterocycles. The molecule has 3 aromatic rings. The van der Waals surface area contributed by atoms with Crippen LogP contribution >= 0.6 is 0 Å². The fraction of sp³-hybridized carbons (Fsp3) is 0.214. The molecule has 0 saturated carbocycles. The Morgan fingerprint density at radius 3 is 1.97 bits per heavy atom. The van der Waals surface area contributed by atoms with Gasteiger partial charge in [-0.15, -0.1) is 0 Å². The number of hydrogen-bond donors (Lipinski definition) is 3. The lowest BCUT2D eigenvalue weighted by molar-refractivity contribution is -0.134. The lowest BCUT2D eigenvalue weighted by atomic mass is 10.0. The summed E-state index contributed by atoms with van der Waals surface area (Å²) in [5.41, 5.74) is 7.87. The van der Waals surface area contributed by atoms with Crippen LogP contribution in [0.1, 0.15) is 31.8 Å². The van der Waals surface area contributed by atoms with Crippen LogP contribution in [0, 0.1) is 5.41 Å². The van der Waals surface area contributed by atoms with Crippen LogP contribution in [0.25, 0.3) is 0 Å². The molecular weight excluding hydrogens is 454 g/mol. The van der Waals surface area contributed by atoms with Crippen molar-refractivity contribution < 1.29 is 14.4 Å². The molecule has 1 saturated heterocycles. The minimum atomic E-state index is -0.780. The fourth-order valence-corrected chi connectivity index (χ4v) is 4.23. The third-order valence-electron chi connectivity index (χ3n) is 6.22. The molecule has 3 aromatic carbocycles. The Balaban J connectivity index is 1.46. The number of nitrogen functional groups attached to an aromatic ring is 1. The van der Waals surface area contributed by atoms with Gasteiger partial charge in [0.1, 0.15) is 11.9 Å². The van der Waals surface area contributed by atoms with Crippen LogP contribution in [0.4, 0.5) is 0 Å². The molecule has 184 valence electrons. The second-order valence-electron chi connectivity index (χ2n) is 8.69. The second-order valence-corrected chi connectivity index (χ2v) is 8.69. The first-order valence-corrected chi connectivity index (χ1v) is 11.8. The van der Waals surface area contributed by atoms with Gasteiger partial charge in [-0.3, -0.25) is 19.8 Å². The molecule has 36 heavy (non-hydrogen) atoms. The van der Waals surface area contributed by atoms with Gasteiger partial charge in [0.15, 0.2) is 0 Å². The summed E-state index contributed by atoms with van der Waals surface area (Å²) in [6.07, 6.45) is 0.334. The molecule has 0 radical (unpaired) electrons. The van der Waals surface area contributed by atoms with Crippen LogP contribution in [0.2, 0.25) is 0 Å². The number of piperazine rings is 1. The van der Waals surface area contributed by atoms with Gasteiger partial charge in [-0.05, 0) is 29.8 Å². The highest BCUT2D eigenvalue weighted by atomic mass is 16.2. The molecule has 1 aliphatic heterocycles. The van der Waals surface area contributed by atoms with Crippen LogP contribution in [0.5, 0.6) is 0 Å².